The number of hydrogen-bond donors (Lipinski definition) is 1. The van der Waals surface area contributed by atoms with Crippen molar-refractivity contribution < 1.29 is 9.53 Å². The van der Waals surface area contributed by atoms with Crippen molar-refractivity contribution in [3.8, 4) is 5.75 Å². The number of nitrogens with zero attached hydrogens (tertiary/aromatic N) is 1. The van der Waals surface area contributed by atoms with Crippen molar-refractivity contribution in [2.75, 3.05) is 12.4 Å². The van der Waals surface area contributed by atoms with E-state index in [2.05, 4.69) is 26.2 Å². The Labute approximate surface area is 132 Å². The van der Waals surface area contributed by atoms with E-state index >= 15 is 0 Å². The maximum Gasteiger partial charge on any atom is 0.225 e. The quantitative estimate of drug-likeness (QED) is 0.831. The highest BCUT2D eigenvalue weighted by molar-refractivity contribution is 9.10. The molecule has 0 saturated carbocycles. The number of aromatic nitrogens is 1. The highest BCUT2D eigenvalue weighted by atomic mass is 79.9. The van der Waals surface area contributed by atoms with E-state index in [9.17, 15) is 4.79 Å². The van der Waals surface area contributed by atoms with Crippen LogP contribution in [-0.4, -0.2) is 18.0 Å². The van der Waals surface area contributed by atoms with E-state index in [0.717, 1.165) is 15.9 Å². The van der Waals surface area contributed by atoms with Crippen molar-refractivity contribution >= 4 is 27.5 Å². The number of benzene rings is 1. The first-order chi connectivity index (χ1) is 10.1. The minimum absolute atomic E-state index is 0.0255. The van der Waals surface area contributed by atoms with E-state index in [-0.39, 0.29) is 11.8 Å². The Morgan fingerprint density at radius 3 is 2.57 bits per heavy atom. The second-order valence-electron chi connectivity index (χ2n) is 4.80. The molecule has 1 aromatic carbocycles. The fourth-order valence-electron chi connectivity index (χ4n) is 1.99. The average Bonchev–Trinajstić information content (AvgIpc) is 2.49. The summed E-state index contributed by atoms with van der Waals surface area (Å²) in [7, 11) is 1.64. The third kappa shape index (κ3) is 4.56. The van der Waals surface area contributed by atoms with E-state index in [4.69, 9.17) is 4.74 Å². The normalized spacial score (nSPS) is 11.8. The van der Waals surface area contributed by atoms with Gasteiger partial charge in [-0.2, -0.15) is 0 Å². The van der Waals surface area contributed by atoms with Crippen LogP contribution < -0.4 is 10.1 Å². The van der Waals surface area contributed by atoms with E-state index in [1.54, 1.807) is 19.4 Å². The van der Waals surface area contributed by atoms with Crippen LogP contribution in [0.5, 0.6) is 5.75 Å². The number of methoxy groups -OCH3 is 1. The molecule has 0 aliphatic rings. The summed E-state index contributed by atoms with van der Waals surface area (Å²) in [6, 6.07) is 11.4. The molecule has 0 spiro atoms. The van der Waals surface area contributed by atoms with Gasteiger partial charge in [0.1, 0.15) is 10.4 Å². The van der Waals surface area contributed by atoms with Crippen LogP contribution in [0.2, 0.25) is 0 Å². The van der Waals surface area contributed by atoms with Gasteiger partial charge in [-0.15, -0.1) is 0 Å². The molecule has 1 amide bonds. The maximum absolute atomic E-state index is 12.0. The zero-order valence-electron chi connectivity index (χ0n) is 12.0. The van der Waals surface area contributed by atoms with Crippen molar-refractivity contribution in [3.05, 3.63) is 52.8 Å². The number of ether oxygens (including phenoxy) is 1. The van der Waals surface area contributed by atoms with Gasteiger partial charge in [0.15, 0.2) is 0 Å². The third-order valence-electron chi connectivity index (χ3n) is 3.19. The summed E-state index contributed by atoms with van der Waals surface area (Å²) >= 11 is 3.26. The first-order valence-electron chi connectivity index (χ1n) is 6.64. The van der Waals surface area contributed by atoms with E-state index in [1.165, 1.54) is 0 Å². The predicted octanol–water partition coefficient (Wildman–Crippen LogP) is 3.99. The van der Waals surface area contributed by atoms with Crippen LogP contribution in [0.25, 0.3) is 0 Å². The molecule has 1 N–H and O–H groups in total. The number of carbonyl (C=O) groups is 1. The van der Waals surface area contributed by atoms with Gasteiger partial charge >= 0.3 is 0 Å². The molecule has 0 radical (unpaired) electrons. The smallest absolute Gasteiger partial charge is 0.225 e. The Kier molecular flexibility index (Phi) is 5.33. The molecule has 2 aromatic rings. The lowest BCUT2D eigenvalue weighted by Crippen LogP contribution is -2.14. The number of carbonyl (C=O) groups excluding carboxylic acids is 1. The van der Waals surface area contributed by atoms with Crippen molar-refractivity contribution in [1.29, 1.82) is 0 Å². The Balaban J connectivity index is 1.93. The zero-order chi connectivity index (χ0) is 15.2. The Morgan fingerprint density at radius 1 is 1.29 bits per heavy atom. The monoisotopic (exact) mass is 348 g/mol. The standard InChI is InChI=1S/C16H17BrN2O2/c1-11(12-3-6-14(21-2)7-4-12)9-16(20)19-13-5-8-15(17)18-10-13/h3-8,10-11H,9H2,1-2H3,(H,19,20). The van der Waals surface area contributed by atoms with Gasteiger partial charge in [0.05, 0.1) is 19.0 Å². The van der Waals surface area contributed by atoms with Crippen molar-refractivity contribution in [3.63, 3.8) is 0 Å². The highest BCUT2D eigenvalue weighted by Crippen LogP contribution is 2.22. The predicted molar refractivity (Wildman–Crippen MR) is 86.6 cm³/mol. The molecule has 5 heteroatoms. The van der Waals surface area contributed by atoms with E-state index < -0.39 is 0 Å². The third-order valence-corrected chi connectivity index (χ3v) is 3.66. The molecule has 1 heterocycles. The Bertz CT molecular complexity index is 597. The second-order valence-corrected chi connectivity index (χ2v) is 5.61. The molecule has 2 rings (SSSR count). The van der Waals surface area contributed by atoms with Gasteiger partial charge < -0.3 is 10.1 Å². The summed E-state index contributed by atoms with van der Waals surface area (Å²) in [5.41, 5.74) is 1.81. The van der Waals surface area contributed by atoms with Crippen LogP contribution in [0.3, 0.4) is 0 Å². The number of anilines is 1. The minimum Gasteiger partial charge on any atom is -0.497 e. The fraction of sp³-hybridized carbons (Fsp3) is 0.250. The summed E-state index contributed by atoms with van der Waals surface area (Å²) in [6.45, 7) is 2.03. The molecule has 1 atom stereocenters. The second kappa shape index (κ2) is 7.22. The summed E-state index contributed by atoms with van der Waals surface area (Å²) in [5.74, 6) is 0.929. The summed E-state index contributed by atoms with van der Waals surface area (Å²) in [5, 5.41) is 2.85. The molecule has 110 valence electrons. The van der Waals surface area contributed by atoms with Gasteiger partial charge in [0.25, 0.3) is 0 Å². The van der Waals surface area contributed by atoms with Gasteiger partial charge in [-0.05, 0) is 51.7 Å². The van der Waals surface area contributed by atoms with E-state index in [1.807, 2.05) is 37.3 Å². The molecule has 0 fully saturated rings. The average molecular weight is 349 g/mol. The van der Waals surface area contributed by atoms with Crippen LogP contribution in [0, 0.1) is 0 Å². The number of hydrogen-bond acceptors (Lipinski definition) is 3. The Hall–Kier alpha value is -1.88. The van der Waals surface area contributed by atoms with Crippen LogP contribution in [0.15, 0.2) is 47.2 Å². The van der Waals surface area contributed by atoms with Crippen LogP contribution in [0.4, 0.5) is 5.69 Å². The summed E-state index contributed by atoms with van der Waals surface area (Å²) in [6.07, 6.45) is 2.04. The van der Waals surface area contributed by atoms with Gasteiger partial charge in [-0.25, -0.2) is 4.98 Å². The zero-order valence-corrected chi connectivity index (χ0v) is 13.6. The van der Waals surface area contributed by atoms with Crippen LogP contribution >= 0.6 is 15.9 Å². The number of pyridine rings is 1. The maximum atomic E-state index is 12.0. The Morgan fingerprint density at radius 2 is 2.00 bits per heavy atom. The molecular weight excluding hydrogens is 332 g/mol. The van der Waals surface area contributed by atoms with Gasteiger partial charge in [0, 0.05) is 6.42 Å². The van der Waals surface area contributed by atoms with Gasteiger partial charge in [-0.3, -0.25) is 4.79 Å². The number of amides is 1. The summed E-state index contributed by atoms with van der Waals surface area (Å²) < 4.78 is 5.87. The van der Waals surface area contributed by atoms with Gasteiger partial charge in [-0.1, -0.05) is 19.1 Å². The number of nitrogens with one attached hydrogen (secondary N) is 1. The van der Waals surface area contributed by atoms with E-state index in [0.29, 0.717) is 12.1 Å². The molecule has 0 aliphatic carbocycles. The fourth-order valence-corrected chi connectivity index (χ4v) is 2.22. The molecule has 1 unspecified atom stereocenters. The molecule has 4 nitrogen and oxygen atoms in total. The molecule has 21 heavy (non-hydrogen) atoms. The molecule has 0 bridgehead atoms. The van der Waals surface area contributed by atoms with Crippen LogP contribution in [0.1, 0.15) is 24.8 Å². The lowest BCUT2D eigenvalue weighted by atomic mass is 9.97. The van der Waals surface area contributed by atoms with Crippen molar-refractivity contribution in [2.45, 2.75) is 19.3 Å². The lowest BCUT2D eigenvalue weighted by molar-refractivity contribution is -0.116. The molecular formula is C16H17BrN2O2. The molecule has 1 aromatic heterocycles. The highest BCUT2D eigenvalue weighted by Gasteiger charge is 2.11. The molecule has 0 saturated heterocycles. The van der Waals surface area contributed by atoms with Gasteiger partial charge in [0.2, 0.25) is 5.91 Å². The first kappa shape index (κ1) is 15.5. The lowest BCUT2D eigenvalue weighted by Gasteiger charge is -2.12. The van der Waals surface area contributed by atoms with Crippen molar-refractivity contribution in [1.82, 2.24) is 4.98 Å². The number of rotatable bonds is 5. The SMILES string of the molecule is COc1ccc(C(C)CC(=O)Nc2ccc(Br)nc2)cc1. The van der Waals surface area contributed by atoms with Crippen molar-refractivity contribution in [2.24, 2.45) is 0 Å². The summed E-state index contributed by atoms with van der Waals surface area (Å²) in [4.78, 5) is 16.1. The number of halogens is 1. The largest absolute Gasteiger partial charge is 0.497 e. The first-order valence-corrected chi connectivity index (χ1v) is 7.43. The topological polar surface area (TPSA) is 51.2 Å². The van der Waals surface area contributed by atoms with Crippen LogP contribution in [-0.2, 0) is 4.79 Å². The minimum atomic E-state index is -0.0255. The molecule has 0 aliphatic heterocycles.